The first-order chi connectivity index (χ1) is 16.0. The molecule has 1 saturated heterocycles. The number of imidazole rings is 1. The summed E-state index contributed by atoms with van der Waals surface area (Å²) in [5.41, 5.74) is 11.6. The maximum absolute atomic E-state index is 6.10. The van der Waals surface area contributed by atoms with Crippen LogP contribution in [0.4, 0.5) is 11.8 Å². The summed E-state index contributed by atoms with van der Waals surface area (Å²) in [5.74, 6) is 1.97. The van der Waals surface area contributed by atoms with Crippen molar-refractivity contribution < 1.29 is 4.74 Å². The number of nitrogen functional groups attached to an aromatic ring is 1. The van der Waals surface area contributed by atoms with E-state index in [1.807, 2.05) is 31.2 Å². The molecule has 4 aromatic rings. The summed E-state index contributed by atoms with van der Waals surface area (Å²) in [7, 11) is 0. The highest BCUT2D eigenvalue weighted by atomic mass is 16.5. The Bertz CT molecular complexity index is 1280. The molecule has 3 N–H and O–H groups in total. The number of fused-ring (bicyclic) bond motifs is 1. The largest absolute Gasteiger partial charge is 0.381 e. The summed E-state index contributed by atoms with van der Waals surface area (Å²) in [4.78, 5) is 13.6. The molecule has 7 heteroatoms. The zero-order valence-corrected chi connectivity index (χ0v) is 19.2. The lowest BCUT2D eigenvalue weighted by atomic mass is 9.73. The maximum Gasteiger partial charge on any atom is 0.222 e. The molecule has 33 heavy (non-hydrogen) atoms. The first-order valence-corrected chi connectivity index (χ1v) is 11.5. The molecule has 0 bridgehead atoms. The Morgan fingerprint density at radius 3 is 2.64 bits per heavy atom. The van der Waals surface area contributed by atoms with Crippen molar-refractivity contribution in [2.75, 3.05) is 30.8 Å². The van der Waals surface area contributed by atoms with Gasteiger partial charge in [0.05, 0.1) is 23.3 Å². The van der Waals surface area contributed by atoms with Crippen LogP contribution in [0.1, 0.15) is 35.5 Å². The number of nitrogens with two attached hydrogens (primary N) is 1. The highest BCUT2D eigenvalue weighted by Gasteiger charge is 2.34. The SMILES string of the molecule is Cc1cccc(C2(CNc3cc(Cn4c(C)nc5ccccc54)nc(N)n3)CCOCC2)c1. The van der Waals surface area contributed by atoms with Crippen LogP contribution < -0.4 is 11.1 Å². The van der Waals surface area contributed by atoms with E-state index in [2.05, 4.69) is 62.1 Å². The van der Waals surface area contributed by atoms with Gasteiger partial charge < -0.3 is 20.4 Å². The van der Waals surface area contributed by atoms with Gasteiger partial charge in [0, 0.05) is 31.2 Å². The summed E-state index contributed by atoms with van der Waals surface area (Å²) < 4.78 is 7.85. The van der Waals surface area contributed by atoms with Gasteiger partial charge in [-0.25, -0.2) is 9.97 Å². The average molecular weight is 443 g/mol. The second-order valence-corrected chi connectivity index (χ2v) is 8.95. The molecule has 170 valence electrons. The fourth-order valence-corrected chi connectivity index (χ4v) is 4.81. The molecule has 7 nitrogen and oxygen atoms in total. The van der Waals surface area contributed by atoms with Gasteiger partial charge in [0.15, 0.2) is 0 Å². The van der Waals surface area contributed by atoms with Crippen molar-refractivity contribution in [3.63, 3.8) is 0 Å². The molecule has 0 amide bonds. The van der Waals surface area contributed by atoms with Crippen molar-refractivity contribution in [2.45, 2.75) is 38.6 Å². The first kappa shape index (κ1) is 21.4. The van der Waals surface area contributed by atoms with Crippen LogP contribution in [0.25, 0.3) is 11.0 Å². The number of para-hydroxylation sites is 2. The van der Waals surface area contributed by atoms with E-state index in [4.69, 9.17) is 10.5 Å². The molecule has 0 saturated carbocycles. The van der Waals surface area contributed by atoms with Gasteiger partial charge in [0.25, 0.3) is 0 Å². The minimum absolute atomic E-state index is 0.00127. The van der Waals surface area contributed by atoms with Gasteiger partial charge in [0.1, 0.15) is 11.6 Å². The molecule has 1 aliphatic heterocycles. The molecular formula is C26H30N6O. The fraction of sp³-hybridized carbons (Fsp3) is 0.346. The van der Waals surface area contributed by atoms with Crippen molar-refractivity contribution in [1.82, 2.24) is 19.5 Å². The van der Waals surface area contributed by atoms with Crippen LogP contribution in [0, 0.1) is 13.8 Å². The quantitative estimate of drug-likeness (QED) is 0.464. The van der Waals surface area contributed by atoms with E-state index in [9.17, 15) is 0 Å². The first-order valence-electron chi connectivity index (χ1n) is 11.5. The lowest BCUT2D eigenvalue weighted by Gasteiger charge is -2.38. The van der Waals surface area contributed by atoms with Crippen molar-refractivity contribution in [3.8, 4) is 0 Å². The fourth-order valence-electron chi connectivity index (χ4n) is 4.81. The predicted molar refractivity (Wildman–Crippen MR) is 131 cm³/mol. The van der Waals surface area contributed by atoms with Crippen molar-refractivity contribution in [1.29, 1.82) is 0 Å². The Labute approximate surface area is 194 Å². The van der Waals surface area contributed by atoms with Crippen LogP contribution >= 0.6 is 0 Å². The summed E-state index contributed by atoms with van der Waals surface area (Å²) in [6.45, 7) is 7.04. The number of aromatic nitrogens is 4. The minimum Gasteiger partial charge on any atom is -0.381 e. The maximum atomic E-state index is 6.10. The van der Waals surface area contributed by atoms with Crippen LogP contribution in [-0.2, 0) is 16.7 Å². The van der Waals surface area contributed by atoms with Crippen molar-refractivity contribution >= 4 is 22.8 Å². The number of ether oxygens (including phenoxy) is 1. The van der Waals surface area contributed by atoms with Crippen LogP contribution in [-0.4, -0.2) is 39.3 Å². The number of rotatable bonds is 6. The zero-order chi connectivity index (χ0) is 22.8. The number of nitrogens with zero attached hydrogens (tertiary/aromatic N) is 4. The summed E-state index contributed by atoms with van der Waals surface area (Å²) in [5, 5.41) is 3.57. The zero-order valence-electron chi connectivity index (χ0n) is 19.2. The monoisotopic (exact) mass is 442 g/mol. The molecule has 1 aliphatic rings. The Kier molecular flexibility index (Phi) is 5.72. The van der Waals surface area contributed by atoms with Gasteiger partial charge >= 0.3 is 0 Å². The van der Waals surface area contributed by atoms with Gasteiger partial charge in [-0.1, -0.05) is 42.0 Å². The Morgan fingerprint density at radius 2 is 1.82 bits per heavy atom. The standard InChI is InChI=1S/C26H30N6O/c1-18-6-5-7-20(14-18)26(10-12-33-13-11-26)17-28-24-15-21(30-25(27)31-24)16-32-19(2)29-22-8-3-4-9-23(22)32/h3-9,14-15H,10-13,16-17H2,1-2H3,(H3,27,28,30,31). The number of hydrogen-bond donors (Lipinski definition) is 2. The third-order valence-corrected chi connectivity index (χ3v) is 6.65. The number of aryl methyl sites for hydroxylation is 2. The molecule has 2 aromatic heterocycles. The number of anilines is 2. The second-order valence-electron chi connectivity index (χ2n) is 8.95. The van der Waals surface area contributed by atoms with E-state index < -0.39 is 0 Å². The van der Waals surface area contributed by atoms with E-state index in [0.29, 0.717) is 6.54 Å². The molecule has 0 aliphatic carbocycles. The number of hydrogen-bond acceptors (Lipinski definition) is 6. The Morgan fingerprint density at radius 1 is 1.00 bits per heavy atom. The van der Waals surface area contributed by atoms with Gasteiger partial charge in [-0.2, -0.15) is 4.98 Å². The average Bonchev–Trinajstić information content (AvgIpc) is 3.13. The molecule has 0 atom stereocenters. The highest BCUT2D eigenvalue weighted by molar-refractivity contribution is 5.76. The molecule has 5 rings (SSSR count). The Balaban J connectivity index is 1.40. The van der Waals surface area contributed by atoms with Crippen LogP contribution in [0.2, 0.25) is 0 Å². The smallest absolute Gasteiger partial charge is 0.222 e. The van der Waals surface area contributed by atoms with Crippen LogP contribution in [0.3, 0.4) is 0 Å². The molecule has 0 unspecified atom stereocenters. The number of benzene rings is 2. The van der Waals surface area contributed by atoms with E-state index in [-0.39, 0.29) is 11.4 Å². The molecule has 1 fully saturated rings. The molecule has 0 radical (unpaired) electrons. The summed E-state index contributed by atoms with van der Waals surface area (Å²) >= 11 is 0. The number of nitrogens with one attached hydrogen (secondary N) is 1. The van der Waals surface area contributed by atoms with Crippen molar-refractivity contribution in [2.24, 2.45) is 0 Å². The van der Waals surface area contributed by atoms with E-state index in [1.165, 1.54) is 11.1 Å². The summed E-state index contributed by atoms with van der Waals surface area (Å²) in [6, 6.07) is 18.9. The lowest BCUT2D eigenvalue weighted by molar-refractivity contribution is 0.0543. The van der Waals surface area contributed by atoms with Crippen LogP contribution in [0.15, 0.2) is 54.6 Å². The van der Waals surface area contributed by atoms with Gasteiger partial charge in [0.2, 0.25) is 5.95 Å². The minimum atomic E-state index is 0.00127. The third-order valence-electron chi connectivity index (χ3n) is 6.65. The summed E-state index contributed by atoms with van der Waals surface area (Å²) in [6.07, 6.45) is 1.94. The van der Waals surface area contributed by atoms with E-state index in [0.717, 1.165) is 61.0 Å². The predicted octanol–water partition coefficient (Wildman–Crippen LogP) is 4.23. The lowest BCUT2D eigenvalue weighted by Crippen LogP contribution is -2.40. The van der Waals surface area contributed by atoms with Gasteiger partial charge in [-0.15, -0.1) is 0 Å². The van der Waals surface area contributed by atoms with E-state index in [1.54, 1.807) is 0 Å². The van der Waals surface area contributed by atoms with Crippen molar-refractivity contribution in [3.05, 3.63) is 77.2 Å². The van der Waals surface area contributed by atoms with Crippen LogP contribution in [0.5, 0.6) is 0 Å². The third kappa shape index (κ3) is 4.41. The van der Waals surface area contributed by atoms with Gasteiger partial charge in [-0.05, 0) is 44.4 Å². The van der Waals surface area contributed by atoms with Gasteiger partial charge in [-0.3, -0.25) is 0 Å². The normalized spacial score (nSPS) is 15.6. The molecule has 2 aromatic carbocycles. The topological polar surface area (TPSA) is 90.9 Å². The molecule has 0 spiro atoms. The Hall–Kier alpha value is -3.45. The highest BCUT2D eigenvalue weighted by Crippen LogP contribution is 2.35. The second kappa shape index (κ2) is 8.83. The molecular weight excluding hydrogens is 412 g/mol. The van der Waals surface area contributed by atoms with E-state index >= 15 is 0 Å². The molecule has 3 heterocycles.